The van der Waals surface area contributed by atoms with Crippen molar-refractivity contribution in [3.05, 3.63) is 71.9 Å². The molecule has 4 aromatic rings. The van der Waals surface area contributed by atoms with Crippen LogP contribution in [0, 0.1) is 0 Å². The van der Waals surface area contributed by atoms with Gasteiger partial charge in [0, 0.05) is 35.0 Å². The zero-order valence-corrected chi connectivity index (χ0v) is 17.1. The zero-order valence-electron chi connectivity index (χ0n) is 17.1. The van der Waals surface area contributed by atoms with Gasteiger partial charge in [0.1, 0.15) is 12.0 Å². The second-order valence-electron chi connectivity index (χ2n) is 7.80. The number of benzene rings is 1. The van der Waals surface area contributed by atoms with Gasteiger partial charge >= 0.3 is 6.18 Å². The van der Waals surface area contributed by atoms with Crippen molar-refractivity contribution in [1.29, 1.82) is 0 Å². The lowest BCUT2D eigenvalue weighted by molar-refractivity contribution is -0.141. The first kappa shape index (κ1) is 20.8. The third kappa shape index (κ3) is 4.32. The van der Waals surface area contributed by atoms with Crippen molar-refractivity contribution in [3.8, 4) is 11.4 Å². The molecular weight excluding hydrogens is 433 g/mol. The van der Waals surface area contributed by atoms with Crippen molar-refractivity contribution >= 4 is 28.6 Å². The lowest BCUT2D eigenvalue weighted by Gasteiger charge is -2.09. The van der Waals surface area contributed by atoms with Crippen LogP contribution in [0.25, 0.3) is 34.1 Å². The summed E-state index contributed by atoms with van der Waals surface area (Å²) in [6, 6.07) is 11.5. The molecule has 0 unspecified atom stereocenters. The SMILES string of the molecule is NC(=O)/C(=C/n1cnc(-c2cc(C3CC3)nc(C(F)(F)F)c2)n1)c1ccc2cccnc2c1. The summed E-state index contributed by atoms with van der Waals surface area (Å²) < 4.78 is 41.3. The number of fused-ring (bicyclic) bond motifs is 1. The van der Waals surface area contributed by atoms with E-state index in [0.29, 0.717) is 16.8 Å². The van der Waals surface area contributed by atoms with Gasteiger partial charge in [0.2, 0.25) is 0 Å². The summed E-state index contributed by atoms with van der Waals surface area (Å²) in [6.07, 6.45) is 1.37. The number of nitrogens with two attached hydrogens (primary N) is 1. The monoisotopic (exact) mass is 450 g/mol. The Kier molecular flexibility index (Phi) is 4.92. The molecule has 0 spiro atoms. The molecular formula is C23H17F3N6O. The van der Waals surface area contributed by atoms with Gasteiger partial charge < -0.3 is 5.73 Å². The number of hydrogen-bond donors (Lipinski definition) is 1. The molecule has 1 aliphatic rings. The van der Waals surface area contributed by atoms with E-state index in [2.05, 4.69) is 20.1 Å². The summed E-state index contributed by atoms with van der Waals surface area (Å²) in [5.41, 5.74) is 6.57. The fraction of sp³-hybridized carbons (Fsp3) is 0.174. The third-order valence-electron chi connectivity index (χ3n) is 5.34. The summed E-state index contributed by atoms with van der Waals surface area (Å²) >= 11 is 0. The van der Waals surface area contributed by atoms with Gasteiger partial charge in [0.05, 0.1) is 11.1 Å². The minimum atomic E-state index is -4.58. The van der Waals surface area contributed by atoms with Gasteiger partial charge in [-0.1, -0.05) is 18.2 Å². The van der Waals surface area contributed by atoms with E-state index in [1.807, 2.05) is 18.2 Å². The Morgan fingerprint density at radius 2 is 1.94 bits per heavy atom. The number of hydrogen-bond acceptors (Lipinski definition) is 5. The number of carbonyl (C=O) groups excluding carboxylic acids is 1. The number of rotatable bonds is 5. The van der Waals surface area contributed by atoms with Gasteiger partial charge in [0.25, 0.3) is 5.91 Å². The minimum absolute atomic E-state index is 0.0241. The predicted molar refractivity (Wildman–Crippen MR) is 115 cm³/mol. The Bertz CT molecular complexity index is 1400. The quantitative estimate of drug-likeness (QED) is 0.458. The maximum atomic E-state index is 13.3. The second kappa shape index (κ2) is 7.80. The summed E-state index contributed by atoms with van der Waals surface area (Å²) in [6.45, 7) is 0. The number of alkyl halides is 3. The Balaban J connectivity index is 1.53. The van der Waals surface area contributed by atoms with E-state index in [0.717, 1.165) is 24.3 Å². The summed E-state index contributed by atoms with van der Waals surface area (Å²) in [4.78, 5) is 24.3. The molecule has 7 nitrogen and oxygen atoms in total. The fourth-order valence-electron chi connectivity index (χ4n) is 3.53. The van der Waals surface area contributed by atoms with Crippen LogP contribution in [-0.2, 0) is 11.0 Å². The molecule has 0 saturated heterocycles. The molecule has 3 heterocycles. The molecule has 166 valence electrons. The van der Waals surface area contributed by atoms with E-state index in [-0.39, 0.29) is 22.9 Å². The van der Waals surface area contributed by atoms with E-state index < -0.39 is 17.8 Å². The van der Waals surface area contributed by atoms with E-state index in [1.54, 1.807) is 24.4 Å². The van der Waals surface area contributed by atoms with Crippen molar-refractivity contribution < 1.29 is 18.0 Å². The van der Waals surface area contributed by atoms with Crippen LogP contribution in [0.15, 0.2) is 55.0 Å². The number of aromatic nitrogens is 5. The lowest BCUT2D eigenvalue weighted by Crippen LogP contribution is -2.14. The van der Waals surface area contributed by atoms with E-state index >= 15 is 0 Å². The highest BCUT2D eigenvalue weighted by Crippen LogP contribution is 2.41. The molecule has 1 saturated carbocycles. The van der Waals surface area contributed by atoms with Crippen LogP contribution in [0.5, 0.6) is 0 Å². The first-order valence-electron chi connectivity index (χ1n) is 10.2. The normalized spacial score (nSPS) is 14.6. The number of primary amides is 1. The maximum Gasteiger partial charge on any atom is 0.433 e. The summed E-state index contributed by atoms with van der Waals surface area (Å²) in [7, 11) is 0. The lowest BCUT2D eigenvalue weighted by atomic mass is 10.0. The van der Waals surface area contributed by atoms with Crippen LogP contribution in [0.3, 0.4) is 0 Å². The maximum absolute atomic E-state index is 13.3. The van der Waals surface area contributed by atoms with E-state index in [4.69, 9.17) is 5.73 Å². The number of nitrogens with zero attached hydrogens (tertiary/aromatic N) is 5. The van der Waals surface area contributed by atoms with E-state index in [9.17, 15) is 18.0 Å². The van der Waals surface area contributed by atoms with Gasteiger partial charge in [-0.05, 0) is 42.7 Å². The minimum Gasteiger partial charge on any atom is -0.366 e. The van der Waals surface area contributed by atoms with Crippen molar-refractivity contribution in [2.75, 3.05) is 0 Å². The van der Waals surface area contributed by atoms with Crippen molar-refractivity contribution in [1.82, 2.24) is 24.7 Å². The summed E-state index contributed by atoms with van der Waals surface area (Å²) in [5, 5.41) is 5.15. The standard InChI is InChI=1S/C23H17F3N6O/c24-23(25,26)20-10-16(9-19(30-20)14-3-4-14)22-29-12-32(31-22)11-17(21(27)33)15-6-5-13-2-1-7-28-18(13)8-15/h1-2,5-12,14H,3-4H2,(H2,27,33)/b17-11+. The molecule has 0 atom stereocenters. The van der Waals surface area contributed by atoms with Gasteiger partial charge in [-0.15, -0.1) is 5.10 Å². The predicted octanol–water partition coefficient (Wildman–Crippen LogP) is 4.27. The van der Waals surface area contributed by atoms with Crippen LogP contribution in [0.2, 0.25) is 0 Å². The van der Waals surface area contributed by atoms with E-state index in [1.165, 1.54) is 17.2 Å². The Labute approximate surface area is 185 Å². The molecule has 2 N–H and O–H groups in total. The third-order valence-corrected chi connectivity index (χ3v) is 5.34. The molecule has 33 heavy (non-hydrogen) atoms. The molecule has 3 aromatic heterocycles. The van der Waals surface area contributed by atoms with Gasteiger partial charge in [-0.25, -0.2) is 14.6 Å². The molecule has 1 amide bonds. The molecule has 5 rings (SSSR count). The molecule has 1 aromatic carbocycles. The van der Waals surface area contributed by atoms with Crippen LogP contribution < -0.4 is 5.73 Å². The topological polar surface area (TPSA) is 99.6 Å². The molecule has 0 radical (unpaired) electrons. The zero-order chi connectivity index (χ0) is 23.2. The smallest absolute Gasteiger partial charge is 0.366 e. The van der Waals surface area contributed by atoms with Crippen LogP contribution in [-0.4, -0.2) is 30.6 Å². The number of amides is 1. The van der Waals surface area contributed by atoms with Crippen LogP contribution in [0.4, 0.5) is 13.2 Å². The van der Waals surface area contributed by atoms with Gasteiger partial charge in [-0.2, -0.15) is 13.2 Å². The molecule has 0 bridgehead atoms. The largest absolute Gasteiger partial charge is 0.433 e. The van der Waals surface area contributed by atoms with Gasteiger partial charge in [0.15, 0.2) is 5.82 Å². The Hall–Kier alpha value is -4.08. The van der Waals surface area contributed by atoms with Crippen molar-refractivity contribution in [3.63, 3.8) is 0 Å². The highest BCUT2D eigenvalue weighted by atomic mass is 19.4. The number of carbonyl (C=O) groups is 1. The number of halogens is 3. The van der Waals surface area contributed by atoms with Crippen molar-refractivity contribution in [2.24, 2.45) is 5.73 Å². The molecule has 1 aliphatic carbocycles. The second-order valence-corrected chi connectivity index (χ2v) is 7.80. The molecule has 1 fully saturated rings. The average molecular weight is 450 g/mol. The Morgan fingerprint density at radius 1 is 1.12 bits per heavy atom. The Morgan fingerprint density at radius 3 is 2.67 bits per heavy atom. The van der Waals surface area contributed by atoms with Crippen molar-refractivity contribution in [2.45, 2.75) is 24.9 Å². The first-order valence-corrected chi connectivity index (χ1v) is 10.2. The van der Waals surface area contributed by atoms with Crippen LogP contribution in [0.1, 0.15) is 35.7 Å². The molecule has 10 heteroatoms. The summed E-state index contributed by atoms with van der Waals surface area (Å²) in [5.74, 6) is -0.581. The molecule has 0 aliphatic heterocycles. The first-order chi connectivity index (χ1) is 15.8. The average Bonchev–Trinajstić information content (AvgIpc) is 3.54. The van der Waals surface area contributed by atoms with Crippen LogP contribution >= 0.6 is 0 Å². The number of pyridine rings is 2. The fourth-order valence-corrected chi connectivity index (χ4v) is 3.53. The van der Waals surface area contributed by atoms with Gasteiger partial charge in [-0.3, -0.25) is 9.78 Å². The highest BCUT2D eigenvalue weighted by Gasteiger charge is 2.35. The highest BCUT2D eigenvalue weighted by molar-refractivity contribution is 6.22.